The number of anilines is 1. The summed E-state index contributed by atoms with van der Waals surface area (Å²) in [5.74, 6) is 1.14. The molecular formula is C31H41NO4. The van der Waals surface area contributed by atoms with Gasteiger partial charge in [0.15, 0.2) is 5.78 Å². The van der Waals surface area contributed by atoms with Gasteiger partial charge in [-0.1, -0.05) is 24.6 Å². The molecule has 4 aliphatic carbocycles. The summed E-state index contributed by atoms with van der Waals surface area (Å²) in [6.45, 7) is 4.14. The monoisotopic (exact) mass is 491 g/mol. The Morgan fingerprint density at radius 3 is 2.58 bits per heavy atom. The number of ketones is 1. The predicted molar refractivity (Wildman–Crippen MR) is 142 cm³/mol. The van der Waals surface area contributed by atoms with Crippen LogP contribution in [0.5, 0.6) is 0 Å². The number of carbonyl (C=O) groups is 2. The van der Waals surface area contributed by atoms with Crippen LogP contribution in [0.25, 0.3) is 0 Å². The highest BCUT2D eigenvalue weighted by Crippen LogP contribution is 2.67. The average Bonchev–Trinajstić information content (AvgIpc) is 3.11. The lowest BCUT2D eigenvalue weighted by molar-refractivity contribution is -0.142. The zero-order valence-electron chi connectivity index (χ0n) is 22.3. The molecule has 5 atom stereocenters. The van der Waals surface area contributed by atoms with Crippen molar-refractivity contribution < 1.29 is 19.4 Å². The first-order valence-corrected chi connectivity index (χ1v) is 13.7. The van der Waals surface area contributed by atoms with E-state index in [2.05, 4.69) is 50.2 Å². The van der Waals surface area contributed by atoms with Gasteiger partial charge in [-0.05, 0) is 98.1 Å². The van der Waals surface area contributed by atoms with Gasteiger partial charge < -0.3 is 14.7 Å². The summed E-state index contributed by atoms with van der Waals surface area (Å²) in [5.41, 5.74) is 5.82. The van der Waals surface area contributed by atoms with Gasteiger partial charge in [0.1, 0.15) is 0 Å². The lowest BCUT2D eigenvalue weighted by Crippen LogP contribution is -2.51. The van der Waals surface area contributed by atoms with Crippen LogP contribution in [0.3, 0.4) is 0 Å². The van der Waals surface area contributed by atoms with Crippen LogP contribution >= 0.6 is 0 Å². The number of benzene rings is 1. The van der Waals surface area contributed by atoms with E-state index in [-0.39, 0.29) is 23.1 Å². The van der Waals surface area contributed by atoms with Crippen molar-refractivity contribution in [1.82, 2.24) is 0 Å². The highest BCUT2D eigenvalue weighted by molar-refractivity contribution is 5.93. The summed E-state index contributed by atoms with van der Waals surface area (Å²) in [4.78, 5) is 25.6. The molecule has 0 amide bonds. The van der Waals surface area contributed by atoms with Crippen LogP contribution in [0.4, 0.5) is 5.69 Å². The molecule has 0 aliphatic heterocycles. The van der Waals surface area contributed by atoms with Gasteiger partial charge in [0.05, 0.1) is 12.2 Å². The third kappa shape index (κ3) is 4.23. The maximum Gasteiger partial charge on any atom is 0.302 e. The van der Waals surface area contributed by atoms with Crippen LogP contribution < -0.4 is 4.90 Å². The highest BCUT2D eigenvalue weighted by atomic mass is 16.5. The zero-order valence-corrected chi connectivity index (χ0v) is 22.3. The molecule has 5 rings (SSSR count). The van der Waals surface area contributed by atoms with Crippen molar-refractivity contribution in [1.29, 1.82) is 0 Å². The van der Waals surface area contributed by atoms with E-state index in [0.29, 0.717) is 37.7 Å². The number of allylic oxidation sites excluding steroid dienone is 4. The zero-order chi connectivity index (χ0) is 25.7. The Labute approximate surface area is 215 Å². The van der Waals surface area contributed by atoms with Gasteiger partial charge in [0.25, 0.3) is 0 Å². The largest absolute Gasteiger partial charge is 0.466 e. The van der Waals surface area contributed by atoms with Crippen molar-refractivity contribution in [2.24, 2.45) is 17.3 Å². The molecule has 0 bridgehead atoms. The summed E-state index contributed by atoms with van der Waals surface area (Å²) >= 11 is 0. The number of rotatable bonds is 6. The van der Waals surface area contributed by atoms with Crippen LogP contribution in [0, 0.1) is 17.3 Å². The summed E-state index contributed by atoms with van der Waals surface area (Å²) in [6, 6.07) is 8.95. The second-order valence-electron chi connectivity index (χ2n) is 12.0. The molecule has 0 radical (unpaired) electrons. The van der Waals surface area contributed by atoms with Gasteiger partial charge in [0, 0.05) is 44.5 Å². The number of aliphatic hydroxyl groups is 1. The molecule has 2 saturated carbocycles. The van der Waals surface area contributed by atoms with E-state index in [1.54, 1.807) is 5.57 Å². The van der Waals surface area contributed by atoms with Crippen molar-refractivity contribution >= 4 is 17.4 Å². The molecule has 1 aromatic rings. The smallest absolute Gasteiger partial charge is 0.302 e. The van der Waals surface area contributed by atoms with Gasteiger partial charge in [-0.25, -0.2) is 0 Å². The fourth-order valence-corrected chi connectivity index (χ4v) is 8.05. The lowest BCUT2D eigenvalue weighted by atomic mass is 9.51. The molecule has 1 aromatic carbocycles. The first kappa shape index (κ1) is 25.3. The molecule has 36 heavy (non-hydrogen) atoms. The Morgan fingerprint density at radius 1 is 1.14 bits per heavy atom. The molecule has 0 spiro atoms. The molecule has 2 fully saturated rings. The minimum atomic E-state index is -0.755. The van der Waals surface area contributed by atoms with E-state index >= 15 is 0 Å². The molecule has 0 aromatic heterocycles. The normalized spacial score (nSPS) is 33.4. The predicted octanol–water partition coefficient (Wildman–Crippen LogP) is 5.73. The number of esters is 1. The third-order valence-electron chi connectivity index (χ3n) is 9.91. The minimum absolute atomic E-state index is 0.200. The van der Waals surface area contributed by atoms with E-state index in [4.69, 9.17) is 4.74 Å². The first-order chi connectivity index (χ1) is 17.1. The Balaban J connectivity index is 1.54. The van der Waals surface area contributed by atoms with Crippen LogP contribution in [-0.2, 0) is 14.3 Å². The SMILES string of the molecule is CC(=O)OCCC[C@@]1(O)CC[C@H]2[C@@H]3CCC4=CC(=O)CCC4=C3[C@@H](c3ccc(N(C)C)cc3)C[C@]21C. The van der Waals surface area contributed by atoms with Gasteiger partial charge >= 0.3 is 5.97 Å². The Morgan fingerprint density at radius 2 is 1.89 bits per heavy atom. The molecule has 0 unspecified atom stereocenters. The van der Waals surface area contributed by atoms with Gasteiger partial charge in [0.2, 0.25) is 0 Å². The van der Waals surface area contributed by atoms with Crippen molar-refractivity contribution in [3.63, 3.8) is 0 Å². The molecule has 5 heteroatoms. The minimum Gasteiger partial charge on any atom is -0.466 e. The fraction of sp³-hybridized carbons (Fsp3) is 0.613. The standard InChI is InChI=1S/C31H41NO4/c1-20(33)36-17-5-15-31(35)16-14-28-26-12-8-22-18-24(34)11-13-25(22)29(26)27(19-30(28,31)2)21-6-9-23(10-7-21)32(3)4/h6-7,9-10,18,26-28,35H,5,8,11-17,19H2,1-4H3/t26-,27+,28-,30+,31+/m0/s1. The van der Waals surface area contributed by atoms with Gasteiger partial charge in [-0.15, -0.1) is 0 Å². The molecule has 1 N–H and O–H groups in total. The number of fused-ring (bicyclic) bond motifs is 4. The van der Waals surface area contributed by atoms with Crippen molar-refractivity contribution in [3.8, 4) is 0 Å². The Kier molecular flexibility index (Phi) is 6.65. The van der Waals surface area contributed by atoms with E-state index in [9.17, 15) is 14.7 Å². The second kappa shape index (κ2) is 9.48. The number of nitrogens with zero attached hydrogens (tertiary/aromatic N) is 1. The summed E-state index contributed by atoms with van der Waals surface area (Å²) in [7, 11) is 4.13. The fourth-order valence-electron chi connectivity index (χ4n) is 8.05. The number of hydrogen-bond acceptors (Lipinski definition) is 5. The Hall–Kier alpha value is -2.40. The summed E-state index contributed by atoms with van der Waals surface area (Å²) in [5, 5.41) is 12.1. The number of hydrogen-bond donors (Lipinski definition) is 1. The van der Waals surface area contributed by atoms with Crippen LogP contribution in [0.15, 0.2) is 47.1 Å². The second-order valence-corrected chi connectivity index (χ2v) is 12.0. The van der Waals surface area contributed by atoms with Crippen LogP contribution in [0.1, 0.15) is 83.1 Å². The lowest BCUT2D eigenvalue weighted by Gasteiger charge is -2.55. The molecule has 0 heterocycles. The summed E-state index contributed by atoms with van der Waals surface area (Å²) in [6.07, 6.45) is 9.54. The average molecular weight is 492 g/mol. The van der Waals surface area contributed by atoms with E-state index < -0.39 is 5.60 Å². The van der Waals surface area contributed by atoms with E-state index in [1.807, 2.05) is 6.08 Å². The van der Waals surface area contributed by atoms with Gasteiger partial charge in [-0.2, -0.15) is 0 Å². The maximum absolute atomic E-state index is 12.2. The number of carbonyl (C=O) groups excluding carboxylic acids is 2. The maximum atomic E-state index is 12.2. The van der Waals surface area contributed by atoms with Crippen molar-refractivity contribution in [2.45, 2.75) is 83.2 Å². The molecule has 4 aliphatic rings. The molecule has 5 nitrogen and oxygen atoms in total. The summed E-state index contributed by atoms with van der Waals surface area (Å²) < 4.78 is 5.20. The van der Waals surface area contributed by atoms with Crippen LogP contribution in [0.2, 0.25) is 0 Å². The number of ether oxygens (including phenoxy) is 1. The highest BCUT2D eigenvalue weighted by Gasteiger charge is 2.62. The van der Waals surface area contributed by atoms with Gasteiger partial charge in [-0.3, -0.25) is 9.59 Å². The molecule has 194 valence electrons. The van der Waals surface area contributed by atoms with E-state index in [0.717, 1.165) is 38.5 Å². The molecule has 0 saturated heterocycles. The van der Waals surface area contributed by atoms with Crippen molar-refractivity contribution in [3.05, 3.63) is 52.6 Å². The first-order valence-electron chi connectivity index (χ1n) is 13.7. The van der Waals surface area contributed by atoms with Crippen LogP contribution in [-0.4, -0.2) is 43.2 Å². The quantitative estimate of drug-likeness (QED) is 0.407. The third-order valence-corrected chi connectivity index (χ3v) is 9.91. The molecular weight excluding hydrogens is 450 g/mol. The van der Waals surface area contributed by atoms with Crippen molar-refractivity contribution in [2.75, 3.05) is 25.6 Å². The van der Waals surface area contributed by atoms with E-state index in [1.165, 1.54) is 29.3 Å². The topological polar surface area (TPSA) is 66.8 Å². The Bertz CT molecular complexity index is 1100.